The molecule has 0 saturated heterocycles. The van der Waals surface area contributed by atoms with Gasteiger partial charge in [0.15, 0.2) is 0 Å². The summed E-state index contributed by atoms with van der Waals surface area (Å²) in [4.78, 5) is 22.9. The Morgan fingerprint density at radius 1 is 1.47 bits per heavy atom. The van der Waals surface area contributed by atoms with E-state index >= 15 is 0 Å². The molecule has 1 aromatic carbocycles. The topological polar surface area (TPSA) is 92.4 Å². The highest BCUT2D eigenvalue weighted by atomic mass is 79.9. The van der Waals surface area contributed by atoms with Crippen LogP contribution in [-0.4, -0.2) is 23.5 Å². The maximum Gasteiger partial charge on any atom is 0.337 e. The first-order valence-electron chi connectivity index (χ1n) is 6.00. The number of carboxylic acid groups (broad SMARTS) is 1. The summed E-state index contributed by atoms with van der Waals surface area (Å²) in [5.74, 6) is -1.19. The molecule has 0 spiro atoms. The van der Waals surface area contributed by atoms with Gasteiger partial charge in [-0.05, 0) is 30.7 Å². The van der Waals surface area contributed by atoms with Crippen LogP contribution in [0.1, 0.15) is 30.1 Å². The number of hydrogen-bond donors (Lipinski definition) is 3. The van der Waals surface area contributed by atoms with Gasteiger partial charge in [-0.2, -0.15) is 0 Å². The highest BCUT2D eigenvalue weighted by Gasteiger charge is 2.15. The van der Waals surface area contributed by atoms with Crippen LogP contribution in [0.4, 0.5) is 5.69 Å². The summed E-state index contributed by atoms with van der Waals surface area (Å²) in [5, 5.41) is 11.7. The summed E-state index contributed by atoms with van der Waals surface area (Å²) in [6.45, 7) is 2.41. The minimum Gasteiger partial charge on any atom is -0.478 e. The fraction of sp³-hybridized carbons (Fsp3) is 0.385. The second kappa shape index (κ2) is 7.25. The van der Waals surface area contributed by atoms with Crippen molar-refractivity contribution >= 4 is 33.5 Å². The number of halogens is 1. The number of carbonyl (C=O) groups excluding carboxylic acids is 1. The number of nitrogens with one attached hydrogen (secondary N) is 1. The molecule has 1 amide bonds. The maximum absolute atomic E-state index is 11.8. The molecular weight excluding hydrogens is 312 g/mol. The van der Waals surface area contributed by atoms with Crippen molar-refractivity contribution in [2.24, 2.45) is 11.7 Å². The standard InChI is InChI=1S/C13H17BrN2O3/c1-2-8(7-15)5-12(17)16-11-4-3-9(14)6-10(11)13(18)19/h3-4,6,8H,2,5,7,15H2,1H3,(H,16,17)(H,18,19). The molecule has 104 valence electrons. The SMILES string of the molecule is CCC(CN)CC(=O)Nc1ccc(Br)cc1C(=O)O. The van der Waals surface area contributed by atoms with E-state index in [-0.39, 0.29) is 17.4 Å². The Hall–Kier alpha value is -1.40. The van der Waals surface area contributed by atoms with Gasteiger partial charge in [0.1, 0.15) is 0 Å². The van der Waals surface area contributed by atoms with Crippen LogP contribution in [-0.2, 0) is 4.79 Å². The molecule has 0 aliphatic rings. The summed E-state index contributed by atoms with van der Waals surface area (Å²) >= 11 is 3.20. The maximum atomic E-state index is 11.8. The molecule has 4 N–H and O–H groups in total. The van der Waals surface area contributed by atoms with Crippen LogP contribution in [0.25, 0.3) is 0 Å². The first-order valence-corrected chi connectivity index (χ1v) is 6.80. The van der Waals surface area contributed by atoms with Crippen molar-refractivity contribution in [3.63, 3.8) is 0 Å². The van der Waals surface area contributed by atoms with E-state index in [0.29, 0.717) is 23.1 Å². The van der Waals surface area contributed by atoms with E-state index in [9.17, 15) is 9.59 Å². The van der Waals surface area contributed by atoms with Gasteiger partial charge >= 0.3 is 5.97 Å². The fourth-order valence-corrected chi connectivity index (χ4v) is 2.02. The lowest BCUT2D eigenvalue weighted by Crippen LogP contribution is -2.22. The van der Waals surface area contributed by atoms with Gasteiger partial charge < -0.3 is 16.2 Å². The zero-order valence-electron chi connectivity index (χ0n) is 10.6. The molecule has 0 saturated carbocycles. The van der Waals surface area contributed by atoms with Crippen LogP contribution in [0, 0.1) is 5.92 Å². The Balaban J connectivity index is 2.82. The zero-order valence-corrected chi connectivity index (χ0v) is 12.2. The van der Waals surface area contributed by atoms with Crippen molar-refractivity contribution < 1.29 is 14.7 Å². The second-order valence-corrected chi connectivity index (χ2v) is 5.17. The van der Waals surface area contributed by atoms with E-state index in [2.05, 4.69) is 21.2 Å². The molecule has 1 unspecified atom stereocenters. The fourth-order valence-electron chi connectivity index (χ4n) is 1.66. The molecule has 1 rings (SSSR count). The molecule has 0 aliphatic heterocycles. The molecule has 6 heteroatoms. The van der Waals surface area contributed by atoms with Crippen LogP contribution >= 0.6 is 15.9 Å². The number of carboxylic acids is 1. The quantitative estimate of drug-likeness (QED) is 0.747. The summed E-state index contributed by atoms with van der Waals surface area (Å²) in [6.07, 6.45) is 1.11. The normalized spacial score (nSPS) is 11.9. The van der Waals surface area contributed by atoms with Crippen molar-refractivity contribution in [3.8, 4) is 0 Å². The van der Waals surface area contributed by atoms with Crippen LogP contribution in [0.5, 0.6) is 0 Å². The lowest BCUT2D eigenvalue weighted by Gasteiger charge is -2.13. The monoisotopic (exact) mass is 328 g/mol. The van der Waals surface area contributed by atoms with Crippen LogP contribution in [0.2, 0.25) is 0 Å². The van der Waals surface area contributed by atoms with E-state index in [1.807, 2.05) is 6.92 Å². The number of amides is 1. The molecule has 0 fully saturated rings. The lowest BCUT2D eigenvalue weighted by atomic mass is 10.0. The Morgan fingerprint density at radius 3 is 2.68 bits per heavy atom. The summed E-state index contributed by atoms with van der Waals surface area (Å²) < 4.78 is 0.649. The molecule has 0 aliphatic carbocycles. The third kappa shape index (κ3) is 4.65. The predicted molar refractivity (Wildman–Crippen MR) is 77.2 cm³/mol. The molecule has 0 heterocycles. The van der Waals surface area contributed by atoms with Crippen LogP contribution in [0.15, 0.2) is 22.7 Å². The van der Waals surface area contributed by atoms with E-state index in [1.165, 1.54) is 6.07 Å². The molecular formula is C13H17BrN2O3. The van der Waals surface area contributed by atoms with Crippen molar-refractivity contribution in [2.45, 2.75) is 19.8 Å². The molecule has 0 aromatic heterocycles. The van der Waals surface area contributed by atoms with Crippen molar-refractivity contribution in [1.29, 1.82) is 0 Å². The first-order chi connectivity index (χ1) is 8.97. The molecule has 1 atom stereocenters. The molecule has 0 bridgehead atoms. The van der Waals surface area contributed by atoms with Crippen LogP contribution in [0.3, 0.4) is 0 Å². The Labute approximate surface area is 120 Å². The van der Waals surface area contributed by atoms with Crippen molar-refractivity contribution in [1.82, 2.24) is 0 Å². The van der Waals surface area contributed by atoms with Gasteiger partial charge in [-0.15, -0.1) is 0 Å². The Kier molecular flexibility index (Phi) is 5.98. The average molecular weight is 329 g/mol. The molecule has 5 nitrogen and oxygen atoms in total. The van der Waals surface area contributed by atoms with E-state index in [0.717, 1.165) is 6.42 Å². The number of carbonyl (C=O) groups is 2. The smallest absolute Gasteiger partial charge is 0.337 e. The third-order valence-electron chi connectivity index (χ3n) is 2.87. The first kappa shape index (κ1) is 15.7. The van der Waals surface area contributed by atoms with Crippen LogP contribution < -0.4 is 11.1 Å². The Bertz CT molecular complexity index is 473. The van der Waals surface area contributed by atoms with Gasteiger partial charge in [-0.1, -0.05) is 29.3 Å². The number of anilines is 1. The number of benzene rings is 1. The highest BCUT2D eigenvalue weighted by Crippen LogP contribution is 2.21. The van der Waals surface area contributed by atoms with E-state index in [1.54, 1.807) is 12.1 Å². The molecule has 0 radical (unpaired) electrons. The minimum absolute atomic E-state index is 0.0588. The zero-order chi connectivity index (χ0) is 14.4. The van der Waals surface area contributed by atoms with E-state index in [4.69, 9.17) is 10.8 Å². The van der Waals surface area contributed by atoms with Gasteiger partial charge in [0.25, 0.3) is 0 Å². The van der Waals surface area contributed by atoms with E-state index < -0.39 is 5.97 Å². The second-order valence-electron chi connectivity index (χ2n) is 4.26. The van der Waals surface area contributed by atoms with Gasteiger partial charge in [0.2, 0.25) is 5.91 Å². The van der Waals surface area contributed by atoms with Crippen molar-refractivity contribution in [2.75, 3.05) is 11.9 Å². The number of aromatic carboxylic acids is 1. The molecule has 1 aromatic rings. The summed E-state index contributed by atoms with van der Waals surface area (Å²) in [7, 11) is 0. The summed E-state index contributed by atoms with van der Waals surface area (Å²) in [6, 6.07) is 4.70. The lowest BCUT2D eigenvalue weighted by molar-refractivity contribution is -0.117. The number of nitrogens with two attached hydrogens (primary N) is 1. The third-order valence-corrected chi connectivity index (χ3v) is 3.36. The summed E-state index contributed by atoms with van der Waals surface area (Å²) in [5.41, 5.74) is 5.90. The predicted octanol–water partition coefficient (Wildman–Crippen LogP) is 2.46. The van der Waals surface area contributed by atoms with Gasteiger partial charge in [-0.3, -0.25) is 4.79 Å². The van der Waals surface area contributed by atoms with Gasteiger partial charge in [0, 0.05) is 10.9 Å². The number of rotatable bonds is 6. The largest absolute Gasteiger partial charge is 0.478 e. The minimum atomic E-state index is -1.08. The van der Waals surface area contributed by atoms with Gasteiger partial charge in [0.05, 0.1) is 11.3 Å². The molecule has 19 heavy (non-hydrogen) atoms. The highest BCUT2D eigenvalue weighted by molar-refractivity contribution is 9.10. The average Bonchev–Trinajstić information content (AvgIpc) is 2.37. The number of hydrogen-bond acceptors (Lipinski definition) is 3. The Morgan fingerprint density at radius 2 is 2.16 bits per heavy atom. The van der Waals surface area contributed by atoms with Gasteiger partial charge in [-0.25, -0.2) is 4.79 Å². The van der Waals surface area contributed by atoms with Crippen molar-refractivity contribution in [3.05, 3.63) is 28.2 Å².